The quantitative estimate of drug-likeness (QED) is 0.615. The molecule has 1 aliphatic carbocycles. The number of benzene rings is 3. The predicted molar refractivity (Wildman–Crippen MR) is 117 cm³/mol. The van der Waals surface area contributed by atoms with Gasteiger partial charge in [-0.3, -0.25) is 0 Å². The van der Waals surface area contributed by atoms with E-state index >= 15 is 0 Å². The van der Waals surface area contributed by atoms with Crippen molar-refractivity contribution in [3.8, 4) is 16.9 Å². The summed E-state index contributed by atoms with van der Waals surface area (Å²) in [5, 5.41) is 14.6. The number of fused-ring (bicyclic) bond motifs is 3. The van der Waals surface area contributed by atoms with Crippen LogP contribution in [0.2, 0.25) is 0 Å². The molecule has 0 unspecified atom stereocenters. The van der Waals surface area contributed by atoms with Crippen LogP contribution in [-0.2, 0) is 17.4 Å². The summed E-state index contributed by atoms with van der Waals surface area (Å²) < 4.78 is 0. The van der Waals surface area contributed by atoms with E-state index in [4.69, 9.17) is 0 Å². The Morgan fingerprint density at radius 1 is 0.857 bits per heavy atom. The Morgan fingerprint density at radius 3 is 1.89 bits per heavy atom. The van der Waals surface area contributed by atoms with Crippen LogP contribution in [0.15, 0.2) is 60.7 Å². The molecule has 0 heterocycles. The Balaban J connectivity index is 2.07. The van der Waals surface area contributed by atoms with Gasteiger partial charge in [0.2, 0.25) is 0 Å². The summed E-state index contributed by atoms with van der Waals surface area (Å²) in [4.78, 5) is 0. The molecule has 0 spiro atoms. The van der Waals surface area contributed by atoms with E-state index in [0.717, 1.165) is 11.1 Å². The summed E-state index contributed by atoms with van der Waals surface area (Å²) in [5.41, 5.74) is 7.83. The lowest BCUT2D eigenvalue weighted by molar-refractivity contribution is 0.447. The fourth-order valence-corrected chi connectivity index (χ4v) is 4.58. The number of phenolic OH excluding ortho intramolecular Hbond substituents is 1. The van der Waals surface area contributed by atoms with Crippen molar-refractivity contribution in [3.63, 3.8) is 0 Å². The molecule has 0 atom stereocenters. The highest BCUT2D eigenvalue weighted by Gasteiger charge is 2.42. The molecule has 2 N–H and O–H groups in total. The molecule has 144 valence electrons. The first kappa shape index (κ1) is 18.8. The first-order valence-corrected chi connectivity index (χ1v) is 9.99. The van der Waals surface area contributed by atoms with E-state index in [2.05, 4.69) is 93.7 Å². The van der Waals surface area contributed by atoms with Gasteiger partial charge in [0, 0.05) is 23.1 Å². The molecule has 0 saturated carbocycles. The lowest BCUT2D eigenvalue weighted by atomic mass is 9.71. The van der Waals surface area contributed by atoms with E-state index < -0.39 is 0 Å². The molecule has 28 heavy (non-hydrogen) atoms. The highest BCUT2D eigenvalue weighted by molar-refractivity contribution is 5.83. The second-order valence-corrected chi connectivity index (χ2v) is 9.03. The van der Waals surface area contributed by atoms with E-state index in [0.29, 0.717) is 12.3 Å². The first-order chi connectivity index (χ1) is 13.3. The maximum atomic E-state index is 11.3. The summed E-state index contributed by atoms with van der Waals surface area (Å²) in [6.45, 7) is 9.58. The maximum absolute atomic E-state index is 11.3. The van der Waals surface area contributed by atoms with Crippen molar-refractivity contribution in [1.29, 1.82) is 0 Å². The van der Waals surface area contributed by atoms with Gasteiger partial charge in [-0.05, 0) is 47.2 Å². The van der Waals surface area contributed by atoms with Crippen molar-refractivity contribution < 1.29 is 5.11 Å². The van der Waals surface area contributed by atoms with Crippen LogP contribution in [0.5, 0.6) is 5.75 Å². The summed E-state index contributed by atoms with van der Waals surface area (Å²) in [6, 6.07) is 21.5. The lowest BCUT2D eigenvalue weighted by Gasteiger charge is -2.32. The van der Waals surface area contributed by atoms with Crippen LogP contribution in [0.25, 0.3) is 11.1 Å². The number of hydrogen-bond acceptors (Lipinski definition) is 2. The van der Waals surface area contributed by atoms with Crippen LogP contribution in [0.3, 0.4) is 0 Å². The SMILES string of the molecule is CNCc1cc(C(C)(C)C)cc(C2(C)c3ccccc3-c3ccccc32)c1O. The average molecular weight is 372 g/mol. The van der Waals surface area contributed by atoms with Crippen LogP contribution in [0, 0.1) is 0 Å². The van der Waals surface area contributed by atoms with Gasteiger partial charge in [-0.2, -0.15) is 0 Å². The predicted octanol–water partition coefficient (Wildman–Crippen LogP) is 5.74. The van der Waals surface area contributed by atoms with E-state index in [1.165, 1.54) is 27.8 Å². The Hall–Kier alpha value is -2.58. The third-order valence-corrected chi connectivity index (χ3v) is 6.18. The summed E-state index contributed by atoms with van der Waals surface area (Å²) in [7, 11) is 1.92. The zero-order valence-corrected chi connectivity index (χ0v) is 17.4. The summed E-state index contributed by atoms with van der Waals surface area (Å²) in [5.74, 6) is 0.399. The lowest BCUT2D eigenvalue weighted by Crippen LogP contribution is -2.25. The Labute approximate surface area is 168 Å². The molecular formula is C26H29NO. The molecular weight excluding hydrogens is 342 g/mol. The smallest absolute Gasteiger partial charge is 0.124 e. The van der Waals surface area contributed by atoms with E-state index in [9.17, 15) is 5.11 Å². The van der Waals surface area contributed by atoms with Crippen molar-refractivity contribution in [2.24, 2.45) is 0 Å². The number of rotatable bonds is 3. The van der Waals surface area contributed by atoms with Crippen LogP contribution in [0.1, 0.15) is 55.5 Å². The van der Waals surface area contributed by atoms with Gasteiger partial charge in [0.05, 0.1) is 0 Å². The summed E-state index contributed by atoms with van der Waals surface area (Å²) in [6.07, 6.45) is 0. The molecule has 0 radical (unpaired) electrons. The number of aromatic hydroxyl groups is 1. The minimum atomic E-state index is -0.388. The molecule has 0 bridgehead atoms. The van der Waals surface area contributed by atoms with Gasteiger partial charge in [0.15, 0.2) is 0 Å². The Kier molecular flexibility index (Phi) is 4.35. The third kappa shape index (κ3) is 2.67. The molecule has 3 aromatic rings. The fraction of sp³-hybridized carbons (Fsp3) is 0.308. The van der Waals surface area contributed by atoms with Crippen molar-refractivity contribution >= 4 is 0 Å². The monoisotopic (exact) mass is 371 g/mol. The normalized spacial score (nSPS) is 14.6. The zero-order chi connectivity index (χ0) is 20.1. The molecule has 2 heteroatoms. The average Bonchev–Trinajstić information content (AvgIpc) is 2.93. The van der Waals surface area contributed by atoms with Crippen LogP contribution < -0.4 is 5.32 Å². The molecule has 2 nitrogen and oxygen atoms in total. The van der Waals surface area contributed by atoms with E-state index in [1.807, 2.05) is 7.05 Å². The minimum absolute atomic E-state index is 0.00105. The minimum Gasteiger partial charge on any atom is -0.507 e. The highest BCUT2D eigenvalue weighted by atomic mass is 16.3. The fourth-order valence-electron chi connectivity index (χ4n) is 4.58. The van der Waals surface area contributed by atoms with Gasteiger partial charge in [0.1, 0.15) is 5.75 Å². The van der Waals surface area contributed by atoms with Crippen molar-refractivity contribution in [2.75, 3.05) is 7.05 Å². The molecule has 0 fully saturated rings. The number of nitrogens with one attached hydrogen (secondary N) is 1. The van der Waals surface area contributed by atoms with E-state index in [-0.39, 0.29) is 10.8 Å². The van der Waals surface area contributed by atoms with Crippen LogP contribution in [-0.4, -0.2) is 12.2 Å². The Morgan fingerprint density at radius 2 is 1.39 bits per heavy atom. The van der Waals surface area contributed by atoms with Gasteiger partial charge in [-0.15, -0.1) is 0 Å². The topological polar surface area (TPSA) is 32.3 Å². The standard InChI is InChI=1S/C26H29NO/c1-25(2,3)18-14-17(16-27-5)24(28)23(15-18)26(4)21-12-8-6-10-19(21)20-11-7-9-13-22(20)26/h6-15,27-28H,16H2,1-5H3. The molecule has 3 aromatic carbocycles. The van der Waals surface area contributed by atoms with Crippen molar-refractivity contribution in [2.45, 2.75) is 45.1 Å². The molecule has 0 amide bonds. The van der Waals surface area contributed by atoms with Gasteiger partial charge in [-0.1, -0.05) is 81.4 Å². The molecule has 0 aliphatic heterocycles. The number of phenols is 1. The van der Waals surface area contributed by atoms with Crippen LogP contribution >= 0.6 is 0 Å². The second kappa shape index (κ2) is 6.49. The molecule has 4 rings (SSSR count). The number of hydrogen-bond donors (Lipinski definition) is 2. The molecule has 1 aliphatic rings. The van der Waals surface area contributed by atoms with Crippen LogP contribution in [0.4, 0.5) is 0 Å². The van der Waals surface area contributed by atoms with Gasteiger partial charge in [0.25, 0.3) is 0 Å². The third-order valence-electron chi connectivity index (χ3n) is 6.18. The van der Waals surface area contributed by atoms with Crippen molar-refractivity contribution in [1.82, 2.24) is 5.32 Å². The summed E-state index contributed by atoms with van der Waals surface area (Å²) >= 11 is 0. The van der Waals surface area contributed by atoms with Gasteiger partial charge < -0.3 is 10.4 Å². The van der Waals surface area contributed by atoms with Gasteiger partial charge >= 0.3 is 0 Å². The largest absolute Gasteiger partial charge is 0.507 e. The first-order valence-electron chi connectivity index (χ1n) is 9.99. The molecule has 0 saturated heterocycles. The van der Waals surface area contributed by atoms with E-state index in [1.54, 1.807) is 0 Å². The zero-order valence-electron chi connectivity index (χ0n) is 17.4. The molecule has 0 aromatic heterocycles. The second-order valence-electron chi connectivity index (χ2n) is 9.03. The maximum Gasteiger partial charge on any atom is 0.124 e. The van der Waals surface area contributed by atoms with Crippen molar-refractivity contribution in [3.05, 3.63) is 88.5 Å². The highest BCUT2D eigenvalue weighted by Crippen LogP contribution is 2.54. The Bertz CT molecular complexity index is 997. The van der Waals surface area contributed by atoms with Gasteiger partial charge in [-0.25, -0.2) is 0 Å².